The Kier molecular flexibility index (Phi) is 6.78. The Bertz CT molecular complexity index is 1860. The molecule has 198 valence electrons. The second-order valence-corrected chi connectivity index (χ2v) is 12.0. The molecule has 0 aliphatic heterocycles. The normalized spacial score (nSPS) is 13.4. The van der Waals surface area contributed by atoms with Gasteiger partial charge in [-0.1, -0.05) is 109 Å². The number of fused-ring (bicyclic) bond motifs is 3. The van der Waals surface area contributed by atoms with E-state index in [2.05, 4.69) is 128 Å². The second kappa shape index (κ2) is 10.9. The molecular formula is C39H31NS. The number of nitrogens with one attached hydrogen (secondary N) is 1. The zero-order valence-electron chi connectivity index (χ0n) is 23.2. The van der Waals surface area contributed by atoms with Crippen LogP contribution in [-0.4, -0.2) is 5.71 Å². The van der Waals surface area contributed by atoms with E-state index in [1.165, 1.54) is 59.9 Å². The minimum Gasteiger partial charge on any atom is -0.300 e. The third-order valence-corrected chi connectivity index (χ3v) is 9.35. The summed E-state index contributed by atoms with van der Waals surface area (Å²) in [6.45, 7) is 2.14. The minimum atomic E-state index is 0.552. The fourth-order valence-electron chi connectivity index (χ4n) is 5.97. The number of allylic oxidation sites excluding steroid dienone is 4. The first-order chi connectivity index (χ1) is 20.1. The molecule has 0 saturated carbocycles. The summed E-state index contributed by atoms with van der Waals surface area (Å²) in [6, 6.07) is 39.0. The van der Waals surface area contributed by atoms with Crippen LogP contribution in [0.15, 0.2) is 137 Å². The average molecular weight is 546 g/mol. The quantitative estimate of drug-likeness (QED) is 0.207. The highest BCUT2D eigenvalue weighted by Crippen LogP contribution is 2.43. The van der Waals surface area contributed by atoms with E-state index in [1.807, 2.05) is 6.07 Å². The third-order valence-electron chi connectivity index (χ3n) is 8.18. The maximum atomic E-state index is 9.14. The smallest absolute Gasteiger partial charge is 0.0685 e. The van der Waals surface area contributed by atoms with Crippen molar-refractivity contribution in [3.05, 3.63) is 161 Å². The van der Waals surface area contributed by atoms with Crippen LogP contribution >= 0.6 is 11.8 Å². The molecule has 0 bridgehead atoms. The Hall–Kier alpha value is -4.40. The Labute approximate surface area is 246 Å². The van der Waals surface area contributed by atoms with Crippen molar-refractivity contribution in [3.8, 4) is 22.3 Å². The van der Waals surface area contributed by atoms with Crippen LogP contribution in [0.5, 0.6) is 0 Å². The molecular weight excluding hydrogens is 515 g/mol. The van der Waals surface area contributed by atoms with Crippen LogP contribution in [0.2, 0.25) is 0 Å². The highest BCUT2D eigenvalue weighted by Gasteiger charge is 2.22. The van der Waals surface area contributed by atoms with Crippen LogP contribution in [-0.2, 0) is 6.42 Å². The van der Waals surface area contributed by atoms with E-state index in [0.29, 0.717) is 5.71 Å². The lowest BCUT2D eigenvalue weighted by Gasteiger charge is -2.13. The largest absolute Gasteiger partial charge is 0.300 e. The molecule has 0 radical (unpaired) electrons. The van der Waals surface area contributed by atoms with Crippen molar-refractivity contribution in [2.45, 2.75) is 36.0 Å². The molecule has 5 aromatic carbocycles. The third kappa shape index (κ3) is 5.01. The van der Waals surface area contributed by atoms with Gasteiger partial charge in [0.2, 0.25) is 0 Å². The van der Waals surface area contributed by atoms with Gasteiger partial charge in [0.25, 0.3) is 0 Å². The number of aryl methyl sites for hydroxylation is 1. The summed E-state index contributed by atoms with van der Waals surface area (Å²) in [5.74, 6) is 0. The molecule has 7 rings (SSSR count). The number of benzene rings is 5. The summed E-state index contributed by atoms with van der Waals surface area (Å²) in [4.78, 5) is 2.39. The Morgan fingerprint density at radius 3 is 2.37 bits per heavy atom. The van der Waals surface area contributed by atoms with Gasteiger partial charge in [0.15, 0.2) is 0 Å². The predicted octanol–water partition coefficient (Wildman–Crippen LogP) is 10.5. The molecule has 2 aliphatic carbocycles. The summed E-state index contributed by atoms with van der Waals surface area (Å²) in [5, 5.41) is 9.14. The topological polar surface area (TPSA) is 23.9 Å². The predicted molar refractivity (Wildman–Crippen MR) is 174 cm³/mol. The lowest BCUT2D eigenvalue weighted by Crippen LogP contribution is -2.02. The summed E-state index contributed by atoms with van der Waals surface area (Å²) in [7, 11) is 0. The van der Waals surface area contributed by atoms with Crippen LogP contribution in [0.25, 0.3) is 27.8 Å². The van der Waals surface area contributed by atoms with E-state index in [0.717, 1.165) is 30.4 Å². The van der Waals surface area contributed by atoms with E-state index in [9.17, 15) is 0 Å². The van der Waals surface area contributed by atoms with Crippen molar-refractivity contribution < 1.29 is 0 Å². The molecule has 2 aliphatic rings. The lowest BCUT2D eigenvalue weighted by molar-refractivity contribution is 1.04. The summed E-state index contributed by atoms with van der Waals surface area (Å²) in [5.41, 5.74) is 14.2. The standard InChI is InChI=1S/C39H31NS/c1-26-18-19-32(25-38(26)41-33-14-6-3-7-15-33)39(40)31-13-8-12-29(22-31)34-16-9-17-35-36-23-28(27-10-4-2-5-11-27)20-21-30(36)24-37(34)35/h3-4,6-23,25,40H,2,5,24H2,1H3. The van der Waals surface area contributed by atoms with Gasteiger partial charge in [0.05, 0.1) is 5.71 Å². The van der Waals surface area contributed by atoms with Crippen LogP contribution in [0.1, 0.15) is 46.2 Å². The average Bonchev–Trinajstić information content (AvgIpc) is 3.41. The number of hydrogen-bond acceptors (Lipinski definition) is 2. The van der Waals surface area contributed by atoms with E-state index in [-0.39, 0.29) is 0 Å². The summed E-state index contributed by atoms with van der Waals surface area (Å²) in [6.07, 6.45) is 10.1. The van der Waals surface area contributed by atoms with Gasteiger partial charge >= 0.3 is 0 Å². The van der Waals surface area contributed by atoms with Crippen molar-refractivity contribution in [3.63, 3.8) is 0 Å². The highest BCUT2D eigenvalue weighted by atomic mass is 32.2. The first kappa shape index (κ1) is 25.6. The van der Waals surface area contributed by atoms with Gasteiger partial charge in [-0.25, -0.2) is 0 Å². The molecule has 5 aromatic rings. The lowest BCUT2D eigenvalue weighted by atomic mass is 9.92. The Morgan fingerprint density at radius 2 is 1.51 bits per heavy atom. The Balaban J connectivity index is 1.20. The van der Waals surface area contributed by atoms with Gasteiger partial charge in [0, 0.05) is 20.9 Å². The van der Waals surface area contributed by atoms with Gasteiger partial charge in [-0.3, -0.25) is 5.41 Å². The summed E-state index contributed by atoms with van der Waals surface area (Å²) >= 11 is 1.75. The van der Waals surface area contributed by atoms with E-state index >= 15 is 0 Å². The molecule has 0 saturated heterocycles. The first-order valence-electron chi connectivity index (χ1n) is 14.3. The van der Waals surface area contributed by atoms with Crippen molar-refractivity contribution in [1.82, 2.24) is 0 Å². The zero-order valence-corrected chi connectivity index (χ0v) is 24.0. The zero-order chi connectivity index (χ0) is 27.8. The molecule has 0 amide bonds. The maximum Gasteiger partial charge on any atom is 0.0685 e. The van der Waals surface area contributed by atoms with Gasteiger partial charge in [-0.2, -0.15) is 0 Å². The van der Waals surface area contributed by atoms with Crippen molar-refractivity contribution in [2.24, 2.45) is 0 Å². The SMILES string of the molecule is Cc1ccc(C(=N)c2cccc(-c3cccc4c3Cc3ccc(C5=CCCC=C5)cc3-4)c2)cc1Sc1ccccc1. The number of rotatable bonds is 6. The monoisotopic (exact) mass is 545 g/mol. The second-order valence-electron chi connectivity index (χ2n) is 10.9. The van der Waals surface area contributed by atoms with E-state index < -0.39 is 0 Å². The fraction of sp³-hybridized carbons (Fsp3) is 0.103. The molecule has 0 heterocycles. The molecule has 41 heavy (non-hydrogen) atoms. The highest BCUT2D eigenvalue weighted by molar-refractivity contribution is 7.99. The van der Waals surface area contributed by atoms with Crippen LogP contribution in [0, 0.1) is 12.3 Å². The number of hydrogen-bond donors (Lipinski definition) is 1. The molecule has 0 unspecified atom stereocenters. The van der Waals surface area contributed by atoms with Crippen LogP contribution in [0.3, 0.4) is 0 Å². The molecule has 0 spiro atoms. The van der Waals surface area contributed by atoms with Crippen molar-refractivity contribution in [2.75, 3.05) is 0 Å². The molecule has 1 N–H and O–H groups in total. The Morgan fingerprint density at radius 1 is 0.683 bits per heavy atom. The van der Waals surface area contributed by atoms with Gasteiger partial charge < -0.3 is 0 Å². The molecule has 1 nitrogen and oxygen atoms in total. The minimum absolute atomic E-state index is 0.552. The molecule has 0 atom stereocenters. The first-order valence-corrected chi connectivity index (χ1v) is 15.1. The van der Waals surface area contributed by atoms with Gasteiger partial charge in [-0.15, -0.1) is 0 Å². The fourth-order valence-corrected chi connectivity index (χ4v) is 6.93. The van der Waals surface area contributed by atoms with Gasteiger partial charge in [0.1, 0.15) is 0 Å². The van der Waals surface area contributed by atoms with Gasteiger partial charge in [-0.05, 0) is 107 Å². The molecule has 0 fully saturated rings. The van der Waals surface area contributed by atoms with E-state index in [1.54, 1.807) is 11.8 Å². The molecule has 2 heteroatoms. The van der Waals surface area contributed by atoms with Crippen LogP contribution in [0.4, 0.5) is 0 Å². The summed E-state index contributed by atoms with van der Waals surface area (Å²) < 4.78 is 0. The molecule has 0 aromatic heterocycles. The van der Waals surface area contributed by atoms with E-state index in [4.69, 9.17) is 5.41 Å². The van der Waals surface area contributed by atoms with Crippen LogP contribution < -0.4 is 0 Å². The maximum absolute atomic E-state index is 9.14. The van der Waals surface area contributed by atoms with Crippen molar-refractivity contribution in [1.29, 1.82) is 5.41 Å². The van der Waals surface area contributed by atoms with Crippen molar-refractivity contribution >= 4 is 23.0 Å².